The molecule has 20 heavy (non-hydrogen) atoms. The Hall–Kier alpha value is -1.10. The average molecular weight is 295 g/mol. The fraction of sp³-hybridized carbons (Fsp3) is 0.533. The van der Waals surface area contributed by atoms with Gasteiger partial charge in [0.05, 0.1) is 6.10 Å². The Kier molecular flexibility index (Phi) is 3.71. The highest BCUT2D eigenvalue weighted by molar-refractivity contribution is 6.30. The number of amides is 1. The van der Waals surface area contributed by atoms with Crippen LogP contribution in [0, 0.1) is 23.7 Å². The molecule has 2 saturated carbocycles. The van der Waals surface area contributed by atoms with Gasteiger partial charge in [-0.05, 0) is 54.9 Å². The Balaban J connectivity index is 1.55. The van der Waals surface area contributed by atoms with Gasteiger partial charge in [-0.25, -0.2) is 5.90 Å². The lowest BCUT2D eigenvalue weighted by atomic mass is 9.97. The standard InChI is InChI=1S/C15H19ClN2O2/c1-8(14-12-6-11(20-17)7-13(12)14)15(19)18-10-4-2-9(16)3-5-10/h2-5,8,11-14H,6-7,17H2,1H3,(H,18,19)/t8?,11?,12-,13+,14?. The number of benzene rings is 1. The van der Waals surface area contributed by atoms with Gasteiger partial charge >= 0.3 is 0 Å². The molecule has 2 aliphatic rings. The molecule has 1 aromatic carbocycles. The van der Waals surface area contributed by atoms with Gasteiger partial charge in [0.25, 0.3) is 0 Å². The first-order chi connectivity index (χ1) is 9.60. The second-order valence-corrected chi connectivity index (χ2v) is 6.36. The van der Waals surface area contributed by atoms with Gasteiger partial charge in [-0.2, -0.15) is 0 Å². The molecule has 0 radical (unpaired) electrons. The summed E-state index contributed by atoms with van der Waals surface area (Å²) in [5.41, 5.74) is 0.792. The first-order valence-electron chi connectivity index (χ1n) is 7.02. The Morgan fingerprint density at radius 1 is 1.35 bits per heavy atom. The van der Waals surface area contributed by atoms with E-state index in [9.17, 15) is 4.79 Å². The maximum absolute atomic E-state index is 12.3. The van der Waals surface area contributed by atoms with Crippen molar-refractivity contribution in [2.75, 3.05) is 5.32 Å². The fourth-order valence-corrected chi connectivity index (χ4v) is 3.78. The van der Waals surface area contributed by atoms with E-state index in [1.807, 2.05) is 19.1 Å². The van der Waals surface area contributed by atoms with E-state index in [4.69, 9.17) is 22.3 Å². The highest BCUT2D eigenvalue weighted by Gasteiger charge is 2.59. The predicted molar refractivity (Wildman–Crippen MR) is 78.0 cm³/mol. The zero-order valence-electron chi connectivity index (χ0n) is 11.4. The molecule has 2 fully saturated rings. The third-order valence-electron chi connectivity index (χ3n) is 4.76. The van der Waals surface area contributed by atoms with Crippen molar-refractivity contribution >= 4 is 23.2 Å². The smallest absolute Gasteiger partial charge is 0.227 e. The molecular formula is C15H19ClN2O2. The van der Waals surface area contributed by atoms with Gasteiger partial charge in [0.15, 0.2) is 0 Å². The number of nitrogens with one attached hydrogen (secondary N) is 1. The van der Waals surface area contributed by atoms with Gasteiger partial charge < -0.3 is 10.2 Å². The number of carbonyl (C=O) groups is 1. The lowest BCUT2D eigenvalue weighted by molar-refractivity contribution is -0.120. The molecule has 0 spiro atoms. The summed E-state index contributed by atoms with van der Waals surface area (Å²) >= 11 is 5.83. The molecule has 0 aliphatic heterocycles. The number of hydrogen-bond acceptors (Lipinski definition) is 3. The first kappa shape index (κ1) is 13.9. The maximum Gasteiger partial charge on any atom is 0.227 e. The van der Waals surface area contributed by atoms with Crippen molar-refractivity contribution in [1.29, 1.82) is 0 Å². The fourth-order valence-electron chi connectivity index (χ4n) is 3.66. The van der Waals surface area contributed by atoms with Crippen LogP contribution in [0.25, 0.3) is 0 Å². The summed E-state index contributed by atoms with van der Waals surface area (Å²) in [6, 6.07) is 7.19. The summed E-state index contributed by atoms with van der Waals surface area (Å²) in [7, 11) is 0. The second kappa shape index (κ2) is 5.35. The van der Waals surface area contributed by atoms with Crippen LogP contribution in [0.5, 0.6) is 0 Å². The van der Waals surface area contributed by atoms with Crippen LogP contribution in [-0.4, -0.2) is 12.0 Å². The van der Waals surface area contributed by atoms with Crippen LogP contribution in [0.3, 0.4) is 0 Å². The molecule has 3 N–H and O–H groups in total. The third-order valence-corrected chi connectivity index (χ3v) is 5.02. The van der Waals surface area contributed by atoms with Gasteiger partial charge in [0.1, 0.15) is 0 Å². The molecule has 4 nitrogen and oxygen atoms in total. The molecule has 2 aliphatic carbocycles. The van der Waals surface area contributed by atoms with E-state index < -0.39 is 0 Å². The van der Waals surface area contributed by atoms with Crippen molar-refractivity contribution in [2.45, 2.75) is 25.9 Å². The minimum atomic E-state index is 0.0272. The van der Waals surface area contributed by atoms with Crippen molar-refractivity contribution < 1.29 is 9.63 Å². The molecule has 0 heterocycles. The second-order valence-electron chi connectivity index (χ2n) is 5.92. The van der Waals surface area contributed by atoms with Crippen LogP contribution in [0.1, 0.15) is 19.8 Å². The number of anilines is 1. The van der Waals surface area contributed by atoms with Crippen molar-refractivity contribution in [1.82, 2.24) is 0 Å². The Bertz CT molecular complexity index is 493. The number of nitrogens with two attached hydrogens (primary N) is 1. The van der Waals surface area contributed by atoms with Crippen molar-refractivity contribution in [2.24, 2.45) is 29.6 Å². The van der Waals surface area contributed by atoms with Gasteiger partial charge in [-0.1, -0.05) is 18.5 Å². The van der Waals surface area contributed by atoms with Crippen LogP contribution in [0.15, 0.2) is 24.3 Å². The third kappa shape index (κ3) is 2.55. The number of carbonyl (C=O) groups excluding carboxylic acids is 1. The van der Waals surface area contributed by atoms with E-state index in [2.05, 4.69) is 5.32 Å². The number of hydrogen-bond donors (Lipinski definition) is 2. The van der Waals surface area contributed by atoms with Gasteiger partial charge in [-0.3, -0.25) is 4.79 Å². The number of fused-ring (bicyclic) bond motifs is 1. The van der Waals surface area contributed by atoms with E-state index in [-0.39, 0.29) is 17.9 Å². The Morgan fingerprint density at radius 3 is 2.50 bits per heavy atom. The molecular weight excluding hydrogens is 276 g/mol. The molecule has 0 aromatic heterocycles. The molecule has 3 rings (SSSR count). The zero-order chi connectivity index (χ0) is 14.3. The van der Waals surface area contributed by atoms with Gasteiger partial charge in [0, 0.05) is 16.6 Å². The van der Waals surface area contributed by atoms with E-state index >= 15 is 0 Å². The largest absolute Gasteiger partial charge is 0.326 e. The van der Waals surface area contributed by atoms with Crippen LogP contribution in [-0.2, 0) is 9.63 Å². The summed E-state index contributed by atoms with van der Waals surface area (Å²) in [5, 5.41) is 3.62. The maximum atomic E-state index is 12.3. The van der Waals surface area contributed by atoms with Crippen molar-refractivity contribution in [3.63, 3.8) is 0 Å². The van der Waals surface area contributed by atoms with Crippen LogP contribution in [0.2, 0.25) is 5.02 Å². The highest BCUT2D eigenvalue weighted by atomic mass is 35.5. The lowest BCUT2D eigenvalue weighted by Gasteiger charge is -2.16. The quantitative estimate of drug-likeness (QED) is 0.839. The number of halogens is 1. The van der Waals surface area contributed by atoms with Crippen LogP contribution in [0.4, 0.5) is 5.69 Å². The number of rotatable bonds is 4. The molecule has 108 valence electrons. The minimum absolute atomic E-state index is 0.0272. The van der Waals surface area contributed by atoms with Crippen LogP contribution < -0.4 is 11.2 Å². The van der Waals surface area contributed by atoms with Gasteiger partial charge in [-0.15, -0.1) is 0 Å². The van der Waals surface area contributed by atoms with Gasteiger partial charge in [0.2, 0.25) is 5.91 Å². The SMILES string of the molecule is CC(C(=O)Nc1ccc(Cl)cc1)C1[C@H]2CC(ON)C[C@@H]12. The Morgan fingerprint density at radius 2 is 1.95 bits per heavy atom. The average Bonchev–Trinajstić information content (AvgIpc) is 2.94. The summed E-state index contributed by atoms with van der Waals surface area (Å²) in [4.78, 5) is 17.2. The monoisotopic (exact) mass is 294 g/mol. The first-order valence-corrected chi connectivity index (χ1v) is 7.40. The summed E-state index contributed by atoms with van der Waals surface area (Å²) in [5.74, 6) is 7.02. The zero-order valence-corrected chi connectivity index (χ0v) is 12.1. The molecule has 5 heteroatoms. The molecule has 0 bridgehead atoms. The summed E-state index contributed by atoms with van der Waals surface area (Å²) < 4.78 is 0. The normalized spacial score (nSPS) is 32.5. The summed E-state index contributed by atoms with van der Waals surface area (Å²) in [6.07, 6.45) is 2.17. The highest BCUT2D eigenvalue weighted by Crippen LogP contribution is 2.61. The molecule has 0 saturated heterocycles. The van der Waals surface area contributed by atoms with E-state index in [1.54, 1.807) is 12.1 Å². The van der Waals surface area contributed by atoms with E-state index in [0.717, 1.165) is 18.5 Å². The van der Waals surface area contributed by atoms with Crippen LogP contribution >= 0.6 is 11.6 Å². The van der Waals surface area contributed by atoms with E-state index in [1.165, 1.54) is 0 Å². The van der Waals surface area contributed by atoms with E-state index in [0.29, 0.717) is 22.8 Å². The lowest BCUT2D eigenvalue weighted by Crippen LogP contribution is -2.25. The Labute approximate surface area is 123 Å². The topological polar surface area (TPSA) is 64.3 Å². The minimum Gasteiger partial charge on any atom is -0.326 e. The molecule has 3 unspecified atom stereocenters. The van der Waals surface area contributed by atoms with Crippen molar-refractivity contribution in [3.05, 3.63) is 29.3 Å². The predicted octanol–water partition coefficient (Wildman–Crippen LogP) is 2.83. The molecule has 1 aromatic rings. The van der Waals surface area contributed by atoms with Crippen molar-refractivity contribution in [3.8, 4) is 0 Å². The molecule has 5 atom stereocenters. The summed E-state index contributed by atoms with van der Waals surface area (Å²) in [6.45, 7) is 2.01. The molecule has 1 amide bonds.